The van der Waals surface area contributed by atoms with Crippen LogP contribution in [0.5, 0.6) is 0 Å². The van der Waals surface area contributed by atoms with Crippen LogP contribution in [0.3, 0.4) is 0 Å². The third-order valence-electron chi connectivity index (χ3n) is 4.64. The maximum Gasteiger partial charge on any atom is 0.248 e. The number of nitrogens with zero attached hydrogens (tertiary/aromatic N) is 1. The minimum absolute atomic E-state index is 0. The first kappa shape index (κ1) is 17.6. The number of rotatable bonds is 2. The Kier molecular flexibility index (Phi) is 5.11. The van der Waals surface area contributed by atoms with Crippen molar-refractivity contribution < 1.29 is 17.2 Å². The minimum atomic E-state index is -4.15. The van der Waals surface area contributed by atoms with E-state index in [1.807, 2.05) is 0 Å². The van der Waals surface area contributed by atoms with Gasteiger partial charge in [0.1, 0.15) is 11.6 Å². The summed E-state index contributed by atoms with van der Waals surface area (Å²) in [4.78, 5) is -0.850. The Hall–Kier alpha value is -0.760. The van der Waals surface area contributed by atoms with Crippen LogP contribution in [0, 0.1) is 23.5 Å². The highest BCUT2D eigenvalue weighted by Crippen LogP contribution is 2.38. The summed E-state index contributed by atoms with van der Waals surface area (Å²) in [6.07, 6.45) is 2.78. The average molecular weight is 353 g/mol. The lowest BCUT2D eigenvalue weighted by Crippen LogP contribution is -2.38. The predicted octanol–water partition coefficient (Wildman–Crippen LogP) is 2.13. The van der Waals surface area contributed by atoms with Gasteiger partial charge < -0.3 is 5.73 Å². The molecule has 1 saturated heterocycles. The van der Waals surface area contributed by atoms with Crippen molar-refractivity contribution in [3.05, 3.63) is 29.8 Å². The zero-order chi connectivity index (χ0) is 15.2. The molecule has 1 heterocycles. The van der Waals surface area contributed by atoms with Crippen LogP contribution in [0.2, 0.25) is 0 Å². The number of benzene rings is 1. The van der Waals surface area contributed by atoms with E-state index in [1.54, 1.807) is 0 Å². The summed E-state index contributed by atoms with van der Waals surface area (Å²) >= 11 is 0. The highest BCUT2D eigenvalue weighted by atomic mass is 35.5. The van der Waals surface area contributed by atoms with Gasteiger partial charge in [-0.05, 0) is 36.8 Å². The Morgan fingerprint density at radius 3 is 2.36 bits per heavy atom. The Morgan fingerprint density at radius 2 is 1.77 bits per heavy atom. The maximum absolute atomic E-state index is 13.8. The fraction of sp³-hybridized carbons (Fsp3) is 0.571. The Morgan fingerprint density at radius 1 is 1.14 bits per heavy atom. The Labute approximate surface area is 135 Å². The van der Waals surface area contributed by atoms with Gasteiger partial charge in [0.2, 0.25) is 10.0 Å². The summed E-state index contributed by atoms with van der Waals surface area (Å²) < 4.78 is 53.8. The normalized spacial score (nSPS) is 29.0. The lowest BCUT2D eigenvalue weighted by molar-refractivity contribution is 0.260. The summed E-state index contributed by atoms with van der Waals surface area (Å²) in [5.41, 5.74) is 6.05. The number of sulfonamides is 1. The van der Waals surface area contributed by atoms with Gasteiger partial charge in [0, 0.05) is 19.1 Å². The van der Waals surface area contributed by atoms with E-state index in [0.717, 1.165) is 37.5 Å². The van der Waals surface area contributed by atoms with Crippen molar-refractivity contribution in [2.45, 2.75) is 30.2 Å². The zero-order valence-corrected chi connectivity index (χ0v) is 13.5. The summed E-state index contributed by atoms with van der Waals surface area (Å²) in [6.45, 7) is 0.552. The molecular weight excluding hydrogens is 334 g/mol. The average Bonchev–Trinajstić information content (AvgIpc) is 2.84. The zero-order valence-electron chi connectivity index (χ0n) is 11.9. The van der Waals surface area contributed by atoms with E-state index in [-0.39, 0.29) is 36.8 Å². The number of nitrogens with two attached hydrogens (primary N) is 1. The second-order valence-electron chi connectivity index (χ2n) is 5.89. The molecular formula is C14H19ClF2N2O2S. The van der Waals surface area contributed by atoms with Crippen LogP contribution in [0.4, 0.5) is 8.78 Å². The third kappa shape index (κ3) is 2.87. The second kappa shape index (κ2) is 6.39. The van der Waals surface area contributed by atoms with Crippen LogP contribution >= 0.6 is 12.4 Å². The quantitative estimate of drug-likeness (QED) is 0.887. The number of hydrogen-bond acceptors (Lipinski definition) is 3. The highest BCUT2D eigenvalue weighted by Gasteiger charge is 2.44. The molecule has 2 fully saturated rings. The molecule has 3 rings (SSSR count). The maximum atomic E-state index is 13.8. The van der Waals surface area contributed by atoms with E-state index in [0.29, 0.717) is 6.54 Å². The van der Waals surface area contributed by atoms with Crippen LogP contribution in [0.25, 0.3) is 0 Å². The summed E-state index contributed by atoms with van der Waals surface area (Å²) in [6, 6.07) is 3.05. The Balaban J connectivity index is 0.00000176. The second-order valence-corrected chi connectivity index (χ2v) is 7.77. The van der Waals surface area contributed by atoms with Gasteiger partial charge in [-0.1, -0.05) is 12.5 Å². The first-order valence-electron chi connectivity index (χ1n) is 7.11. The van der Waals surface area contributed by atoms with Crippen molar-refractivity contribution >= 4 is 22.4 Å². The molecule has 1 saturated carbocycles. The summed E-state index contributed by atoms with van der Waals surface area (Å²) in [5, 5.41) is 0. The van der Waals surface area contributed by atoms with E-state index in [2.05, 4.69) is 0 Å². The van der Waals surface area contributed by atoms with Gasteiger partial charge in [-0.3, -0.25) is 0 Å². The molecule has 0 spiro atoms. The molecule has 1 aromatic carbocycles. The topological polar surface area (TPSA) is 63.4 Å². The van der Waals surface area contributed by atoms with E-state index in [1.165, 1.54) is 4.31 Å². The van der Waals surface area contributed by atoms with E-state index >= 15 is 0 Å². The number of hydrogen-bond donors (Lipinski definition) is 1. The smallest absolute Gasteiger partial charge is 0.248 e. The van der Waals surface area contributed by atoms with Gasteiger partial charge in [0.15, 0.2) is 4.90 Å². The van der Waals surface area contributed by atoms with Crippen LogP contribution < -0.4 is 5.73 Å². The fourth-order valence-electron chi connectivity index (χ4n) is 3.53. The Bertz CT molecular complexity index is 636. The van der Waals surface area contributed by atoms with Crippen molar-refractivity contribution in [3.8, 4) is 0 Å². The third-order valence-corrected chi connectivity index (χ3v) is 6.52. The summed E-state index contributed by atoms with van der Waals surface area (Å²) in [7, 11) is -4.15. The SMILES string of the molecule is Cl.NC1CCCC2CN(S(=O)(=O)c3c(F)cccc3F)CC12. The van der Waals surface area contributed by atoms with Crippen LogP contribution in [0.1, 0.15) is 19.3 Å². The van der Waals surface area contributed by atoms with Crippen molar-refractivity contribution in [2.24, 2.45) is 17.6 Å². The molecule has 1 aliphatic carbocycles. The fourth-order valence-corrected chi connectivity index (χ4v) is 5.17. The monoisotopic (exact) mass is 352 g/mol. The van der Waals surface area contributed by atoms with Crippen molar-refractivity contribution in [3.63, 3.8) is 0 Å². The molecule has 1 aromatic rings. The molecule has 3 atom stereocenters. The van der Waals surface area contributed by atoms with Gasteiger partial charge in [-0.15, -0.1) is 12.4 Å². The molecule has 2 N–H and O–H groups in total. The molecule has 0 bridgehead atoms. The van der Waals surface area contributed by atoms with Crippen molar-refractivity contribution in [2.75, 3.05) is 13.1 Å². The summed E-state index contributed by atoms with van der Waals surface area (Å²) in [5.74, 6) is -1.81. The van der Waals surface area contributed by atoms with E-state index in [9.17, 15) is 17.2 Å². The molecule has 0 amide bonds. The first-order valence-corrected chi connectivity index (χ1v) is 8.55. The van der Waals surface area contributed by atoms with Gasteiger partial charge in [0.05, 0.1) is 0 Å². The molecule has 0 radical (unpaired) electrons. The number of halogens is 3. The van der Waals surface area contributed by atoms with Crippen molar-refractivity contribution in [1.82, 2.24) is 4.31 Å². The molecule has 0 aromatic heterocycles. The van der Waals surface area contributed by atoms with E-state index in [4.69, 9.17) is 5.73 Å². The highest BCUT2D eigenvalue weighted by molar-refractivity contribution is 7.89. The van der Waals surface area contributed by atoms with Gasteiger partial charge in [0.25, 0.3) is 0 Å². The largest absolute Gasteiger partial charge is 0.327 e. The molecule has 3 unspecified atom stereocenters. The van der Waals surface area contributed by atoms with Gasteiger partial charge in [-0.25, -0.2) is 17.2 Å². The lowest BCUT2D eigenvalue weighted by atomic mass is 9.78. The van der Waals surface area contributed by atoms with Crippen LogP contribution in [-0.4, -0.2) is 31.9 Å². The molecule has 1 aliphatic heterocycles. The molecule has 8 heteroatoms. The van der Waals surface area contributed by atoms with Gasteiger partial charge >= 0.3 is 0 Å². The molecule has 124 valence electrons. The molecule has 22 heavy (non-hydrogen) atoms. The predicted molar refractivity (Wildman–Crippen MR) is 81.2 cm³/mol. The van der Waals surface area contributed by atoms with Crippen LogP contribution in [-0.2, 0) is 10.0 Å². The minimum Gasteiger partial charge on any atom is -0.327 e. The van der Waals surface area contributed by atoms with E-state index < -0.39 is 26.6 Å². The number of fused-ring (bicyclic) bond motifs is 1. The standard InChI is InChI=1S/C14H18F2N2O2S.ClH/c15-11-4-2-5-12(16)14(11)21(19,20)18-7-9-3-1-6-13(17)10(9)8-18;/h2,4-5,9-10,13H,1,3,6-8,17H2;1H. The molecule has 4 nitrogen and oxygen atoms in total. The molecule has 2 aliphatic rings. The van der Waals surface area contributed by atoms with Crippen molar-refractivity contribution in [1.29, 1.82) is 0 Å². The lowest BCUT2D eigenvalue weighted by Gasteiger charge is -2.29. The van der Waals surface area contributed by atoms with Crippen LogP contribution in [0.15, 0.2) is 23.1 Å². The first-order chi connectivity index (χ1) is 9.91. The van der Waals surface area contributed by atoms with Gasteiger partial charge in [-0.2, -0.15) is 4.31 Å².